The number of carboxylic acid groups (broad SMARTS) is 1. The molecule has 3 aromatic carbocycles. The van der Waals surface area contributed by atoms with Crippen molar-refractivity contribution < 1.29 is 14.6 Å². The molecule has 0 aliphatic heterocycles. The Balaban J connectivity index is 1.65. The quantitative estimate of drug-likeness (QED) is 0.370. The highest BCUT2D eigenvalue weighted by Gasteiger charge is 2.24. The monoisotopic (exact) mass is 437 g/mol. The number of para-hydroxylation sites is 1. The van der Waals surface area contributed by atoms with Crippen LogP contribution in [0.25, 0.3) is 16.5 Å². The van der Waals surface area contributed by atoms with Crippen LogP contribution < -0.4 is 4.74 Å². The normalized spacial score (nSPS) is 13.9. The molecule has 4 aromatic rings. The lowest BCUT2D eigenvalue weighted by atomic mass is 9.86. The van der Waals surface area contributed by atoms with Gasteiger partial charge in [-0.15, -0.1) is 0 Å². The summed E-state index contributed by atoms with van der Waals surface area (Å²) < 4.78 is 7.81. The minimum atomic E-state index is -0.790. The van der Waals surface area contributed by atoms with Crippen LogP contribution in [0.2, 0.25) is 0 Å². The third kappa shape index (κ3) is 4.05. The number of allylic oxidation sites excluding steroid dienone is 1. The molecule has 5 rings (SSSR count). The average molecular weight is 438 g/mol. The van der Waals surface area contributed by atoms with Crippen molar-refractivity contribution in [2.24, 2.45) is 0 Å². The van der Waals surface area contributed by atoms with Gasteiger partial charge in [-0.25, -0.2) is 0 Å². The van der Waals surface area contributed by atoms with Gasteiger partial charge in [0.05, 0.1) is 13.5 Å². The number of benzene rings is 3. The predicted molar refractivity (Wildman–Crippen MR) is 132 cm³/mol. The number of hydrogen-bond donors (Lipinski definition) is 1. The van der Waals surface area contributed by atoms with E-state index in [-0.39, 0.29) is 12.5 Å². The number of methoxy groups -OCH3 is 1. The van der Waals surface area contributed by atoms with E-state index in [2.05, 4.69) is 53.2 Å². The van der Waals surface area contributed by atoms with E-state index >= 15 is 0 Å². The van der Waals surface area contributed by atoms with Crippen LogP contribution >= 0.6 is 0 Å². The van der Waals surface area contributed by atoms with Crippen LogP contribution in [0.15, 0.2) is 85.1 Å². The van der Waals surface area contributed by atoms with Gasteiger partial charge in [0, 0.05) is 34.3 Å². The van der Waals surface area contributed by atoms with Crippen molar-refractivity contribution in [1.29, 1.82) is 0 Å². The van der Waals surface area contributed by atoms with Gasteiger partial charge in [0.15, 0.2) is 0 Å². The van der Waals surface area contributed by atoms with E-state index in [4.69, 9.17) is 4.74 Å². The van der Waals surface area contributed by atoms with E-state index < -0.39 is 5.97 Å². The van der Waals surface area contributed by atoms with Gasteiger partial charge in [0.2, 0.25) is 0 Å². The van der Waals surface area contributed by atoms with Crippen molar-refractivity contribution in [1.82, 2.24) is 4.57 Å². The van der Waals surface area contributed by atoms with Gasteiger partial charge in [-0.1, -0.05) is 66.7 Å². The topological polar surface area (TPSA) is 51.5 Å². The fraction of sp³-hybridized carbons (Fsp3) is 0.207. The molecule has 1 heterocycles. The highest BCUT2D eigenvalue weighted by molar-refractivity contribution is 5.98. The maximum absolute atomic E-state index is 11.8. The number of carboxylic acids is 1. The fourth-order valence-corrected chi connectivity index (χ4v) is 5.07. The van der Waals surface area contributed by atoms with Crippen molar-refractivity contribution in [3.8, 4) is 5.75 Å². The Morgan fingerprint density at radius 1 is 1.00 bits per heavy atom. The molecule has 0 spiro atoms. The van der Waals surface area contributed by atoms with E-state index in [0.29, 0.717) is 6.42 Å². The molecule has 166 valence electrons. The van der Waals surface area contributed by atoms with Gasteiger partial charge in [-0.3, -0.25) is 4.79 Å². The second kappa shape index (κ2) is 8.99. The van der Waals surface area contributed by atoms with Crippen LogP contribution in [-0.4, -0.2) is 22.8 Å². The van der Waals surface area contributed by atoms with E-state index in [9.17, 15) is 9.90 Å². The molecule has 0 radical (unpaired) electrons. The molecule has 33 heavy (non-hydrogen) atoms. The molecule has 1 N–H and O–H groups in total. The number of nitrogens with zero attached hydrogens (tertiary/aromatic N) is 1. The average Bonchev–Trinajstić information content (AvgIpc) is 3.23. The molecule has 1 aliphatic rings. The number of ether oxygens (including phenoxy) is 1. The van der Waals surface area contributed by atoms with E-state index in [0.717, 1.165) is 40.6 Å². The van der Waals surface area contributed by atoms with Gasteiger partial charge in [-0.05, 0) is 48.1 Å². The number of hydrogen-bond acceptors (Lipinski definition) is 2. The molecule has 0 fully saturated rings. The SMILES string of the molecule is COc1cccc2c1CCC=C2c1cn(C(CC(=O)O)Cc2ccccc2)c2ccccc12. The van der Waals surface area contributed by atoms with E-state index in [1.54, 1.807) is 7.11 Å². The van der Waals surface area contributed by atoms with Crippen LogP contribution in [0, 0.1) is 0 Å². The Morgan fingerprint density at radius 2 is 1.79 bits per heavy atom. The summed E-state index contributed by atoms with van der Waals surface area (Å²) in [6, 6.07) is 24.5. The molecular weight excluding hydrogens is 410 g/mol. The number of fused-ring (bicyclic) bond motifs is 2. The summed E-state index contributed by atoms with van der Waals surface area (Å²) >= 11 is 0. The first-order valence-electron chi connectivity index (χ1n) is 11.4. The lowest BCUT2D eigenvalue weighted by Crippen LogP contribution is -2.15. The number of aromatic nitrogens is 1. The van der Waals surface area contributed by atoms with Crippen molar-refractivity contribution in [3.63, 3.8) is 0 Å². The van der Waals surface area contributed by atoms with E-state index in [1.807, 2.05) is 36.4 Å². The second-order valence-electron chi connectivity index (χ2n) is 8.55. The summed E-state index contributed by atoms with van der Waals surface area (Å²) in [5.41, 5.74) is 6.96. The van der Waals surface area contributed by atoms with Crippen LogP contribution in [0.5, 0.6) is 5.75 Å². The minimum Gasteiger partial charge on any atom is -0.496 e. The molecular formula is C29H27NO3. The lowest BCUT2D eigenvalue weighted by molar-refractivity contribution is -0.137. The third-order valence-electron chi connectivity index (χ3n) is 6.53. The molecule has 1 aliphatic carbocycles. The smallest absolute Gasteiger partial charge is 0.305 e. The summed E-state index contributed by atoms with van der Waals surface area (Å²) in [4.78, 5) is 11.8. The van der Waals surface area contributed by atoms with Gasteiger partial charge in [0.1, 0.15) is 5.75 Å². The highest BCUT2D eigenvalue weighted by atomic mass is 16.5. The summed E-state index contributed by atoms with van der Waals surface area (Å²) in [6.07, 6.45) is 7.09. The molecule has 4 nitrogen and oxygen atoms in total. The zero-order chi connectivity index (χ0) is 22.8. The number of aliphatic carboxylic acids is 1. The van der Waals surface area contributed by atoms with E-state index in [1.165, 1.54) is 16.7 Å². The first-order valence-corrected chi connectivity index (χ1v) is 11.4. The molecule has 0 amide bonds. The maximum atomic E-state index is 11.8. The number of carbonyl (C=O) groups is 1. The maximum Gasteiger partial charge on any atom is 0.305 e. The highest BCUT2D eigenvalue weighted by Crippen LogP contribution is 2.40. The molecule has 1 aromatic heterocycles. The predicted octanol–water partition coefficient (Wildman–Crippen LogP) is 6.29. The standard InChI is InChI=1S/C29H27NO3/c1-33-28-16-8-13-22-23(12-7-14-25(22)28)26-19-30(27-15-6-5-11-24(26)27)21(18-29(31)32)17-20-9-3-2-4-10-20/h2-6,8-13,15-16,19,21H,7,14,17-18H2,1H3,(H,31,32). The Morgan fingerprint density at radius 3 is 2.58 bits per heavy atom. The Hall–Kier alpha value is -3.79. The van der Waals surface area contributed by atoms with Gasteiger partial charge in [0.25, 0.3) is 0 Å². The van der Waals surface area contributed by atoms with Crippen molar-refractivity contribution in [2.45, 2.75) is 31.7 Å². The minimum absolute atomic E-state index is 0.0659. The Kier molecular flexibility index (Phi) is 5.74. The largest absolute Gasteiger partial charge is 0.496 e. The molecule has 1 unspecified atom stereocenters. The van der Waals surface area contributed by atoms with Crippen molar-refractivity contribution in [2.75, 3.05) is 7.11 Å². The molecule has 1 atom stereocenters. The van der Waals surface area contributed by atoms with Gasteiger partial charge in [-0.2, -0.15) is 0 Å². The number of rotatable bonds is 7. The summed E-state index contributed by atoms with van der Waals surface area (Å²) in [7, 11) is 1.72. The fourth-order valence-electron chi connectivity index (χ4n) is 5.07. The van der Waals surface area contributed by atoms with Crippen LogP contribution in [0.4, 0.5) is 0 Å². The van der Waals surface area contributed by atoms with Gasteiger partial charge < -0.3 is 14.4 Å². The Bertz CT molecular complexity index is 1330. The molecule has 0 saturated heterocycles. The van der Waals surface area contributed by atoms with Crippen LogP contribution in [-0.2, 0) is 17.6 Å². The lowest BCUT2D eigenvalue weighted by Gasteiger charge is -2.20. The molecule has 0 bridgehead atoms. The van der Waals surface area contributed by atoms with Crippen molar-refractivity contribution >= 4 is 22.4 Å². The van der Waals surface area contributed by atoms with Crippen LogP contribution in [0.3, 0.4) is 0 Å². The Labute approximate surface area is 193 Å². The summed E-state index contributed by atoms with van der Waals surface area (Å²) in [5, 5.41) is 10.8. The zero-order valence-corrected chi connectivity index (χ0v) is 18.7. The van der Waals surface area contributed by atoms with Crippen molar-refractivity contribution in [3.05, 3.63) is 107 Å². The summed E-state index contributed by atoms with van der Waals surface area (Å²) in [6.45, 7) is 0. The molecule has 0 saturated carbocycles. The third-order valence-corrected chi connectivity index (χ3v) is 6.53. The first kappa shape index (κ1) is 21.1. The molecule has 4 heteroatoms. The summed E-state index contributed by atoms with van der Waals surface area (Å²) in [5.74, 6) is 0.136. The second-order valence-corrected chi connectivity index (χ2v) is 8.55. The zero-order valence-electron chi connectivity index (χ0n) is 18.7. The first-order chi connectivity index (χ1) is 16.2. The van der Waals surface area contributed by atoms with Gasteiger partial charge >= 0.3 is 5.97 Å². The van der Waals surface area contributed by atoms with Crippen LogP contribution in [0.1, 0.15) is 41.1 Å².